The van der Waals surface area contributed by atoms with Gasteiger partial charge in [-0.15, -0.1) is 11.3 Å². The lowest BCUT2D eigenvalue weighted by molar-refractivity contribution is -0.138. The second-order valence-electron chi connectivity index (χ2n) is 6.70. The Morgan fingerprint density at radius 1 is 1.17 bits per heavy atom. The minimum Gasteiger partial charge on any atom is -0.342 e. The third-order valence-electron chi connectivity index (χ3n) is 4.90. The summed E-state index contributed by atoms with van der Waals surface area (Å²) in [6, 6.07) is 3.72. The van der Waals surface area contributed by atoms with Gasteiger partial charge in [0.05, 0.1) is 10.9 Å². The first-order chi connectivity index (χ1) is 11.1. The first-order valence-corrected chi connectivity index (χ1v) is 9.39. The van der Waals surface area contributed by atoms with Crippen molar-refractivity contribution in [1.29, 1.82) is 0 Å². The number of urea groups is 1. The van der Waals surface area contributed by atoms with E-state index in [1.54, 1.807) is 4.90 Å². The van der Waals surface area contributed by atoms with Gasteiger partial charge in [-0.1, -0.05) is 6.92 Å². The number of carbonyl (C=O) groups excluding carboxylic acids is 2. The molecule has 1 unspecified atom stereocenters. The Hall–Kier alpha value is -1.56. The minimum absolute atomic E-state index is 0.0359. The topological polar surface area (TPSA) is 52.7 Å². The summed E-state index contributed by atoms with van der Waals surface area (Å²) in [6.45, 7) is 5.27. The summed E-state index contributed by atoms with van der Waals surface area (Å²) in [4.78, 5) is 28.9. The van der Waals surface area contributed by atoms with E-state index in [1.165, 1.54) is 11.3 Å². The molecule has 2 aliphatic heterocycles. The van der Waals surface area contributed by atoms with Crippen molar-refractivity contribution in [1.82, 2.24) is 9.80 Å². The van der Waals surface area contributed by atoms with Crippen LogP contribution in [0.25, 0.3) is 0 Å². The van der Waals surface area contributed by atoms with Crippen LogP contribution in [0.1, 0.15) is 32.6 Å². The van der Waals surface area contributed by atoms with Gasteiger partial charge in [0.15, 0.2) is 0 Å². The van der Waals surface area contributed by atoms with Gasteiger partial charge < -0.3 is 9.80 Å². The molecule has 2 saturated heterocycles. The third-order valence-corrected chi connectivity index (χ3v) is 5.69. The van der Waals surface area contributed by atoms with E-state index >= 15 is 0 Å². The van der Waals surface area contributed by atoms with E-state index in [-0.39, 0.29) is 17.9 Å². The predicted molar refractivity (Wildman–Crippen MR) is 92.6 cm³/mol. The molecule has 1 aromatic heterocycles. The molecule has 0 saturated carbocycles. The molecular weight excluding hydrogens is 310 g/mol. The van der Waals surface area contributed by atoms with Crippen LogP contribution < -0.4 is 5.32 Å². The second kappa shape index (κ2) is 7.34. The van der Waals surface area contributed by atoms with E-state index in [2.05, 4.69) is 12.2 Å². The maximum absolute atomic E-state index is 12.7. The molecule has 5 nitrogen and oxygen atoms in total. The molecule has 0 radical (unpaired) electrons. The number of likely N-dealkylation sites (tertiary alicyclic amines) is 2. The van der Waals surface area contributed by atoms with Crippen molar-refractivity contribution >= 4 is 28.3 Å². The molecule has 1 aromatic rings. The molecule has 0 bridgehead atoms. The zero-order valence-electron chi connectivity index (χ0n) is 13.7. The molecule has 3 amide bonds. The first-order valence-electron chi connectivity index (χ1n) is 8.51. The number of nitrogens with one attached hydrogen (secondary N) is 1. The highest BCUT2D eigenvalue weighted by Gasteiger charge is 2.32. The molecule has 126 valence electrons. The van der Waals surface area contributed by atoms with Gasteiger partial charge in [-0.2, -0.15) is 0 Å². The molecule has 3 rings (SSSR count). The van der Waals surface area contributed by atoms with Crippen LogP contribution in [0, 0.1) is 11.8 Å². The van der Waals surface area contributed by atoms with Crippen molar-refractivity contribution in [3.05, 3.63) is 17.5 Å². The Bertz CT molecular complexity index is 538. The van der Waals surface area contributed by atoms with E-state index in [9.17, 15) is 9.59 Å². The fourth-order valence-corrected chi connectivity index (χ4v) is 3.99. The summed E-state index contributed by atoms with van der Waals surface area (Å²) < 4.78 is 0. The predicted octanol–water partition coefficient (Wildman–Crippen LogP) is 3.25. The Labute approximate surface area is 141 Å². The minimum atomic E-state index is -0.0859. The van der Waals surface area contributed by atoms with Crippen molar-refractivity contribution in [3.63, 3.8) is 0 Å². The highest BCUT2D eigenvalue weighted by molar-refractivity contribution is 7.14. The summed E-state index contributed by atoms with van der Waals surface area (Å²) in [5.74, 6) is 0.926. The lowest BCUT2D eigenvalue weighted by atomic mass is 9.93. The summed E-state index contributed by atoms with van der Waals surface area (Å²) in [5, 5.41) is 5.71. The fourth-order valence-electron chi connectivity index (χ4n) is 3.38. The Balaban J connectivity index is 1.55. The quantitative estimate of drug-likeness (QED) is 0.902. The van der Waals surface area contributed by atoms with Gasteiger partial charge in [-0.3, -0.25) is 10.1 Å². The van der Waals surface area contributed by atoms with Crippen LogP contribution in [0.3, 0.4) is 0 Å². The number of nitrogens with zero attached hydrogens (tertiary/aromatic N) is 2. The number of amides is 3. The third kappa shape index (κ3) is 4.05. The smallest absolute Gasteiger partial charge is 0.322 e. The normalized spacial score (nSPS) is 22.9. The van der Waals surface area contributed by atoms with Crippen molar-refractivity contribution in [3.8, 4) is 0 Å². The fraction of sp³-hybridized carbons (Fsp3) is 0.647. The number of hydrogen-bond acceptors (Lipinski definition) is 3. The van der Waals surface area contributed by atoms with Crippen molar-refractivity contribution in [2.75, 3.05) is 31.5 Å². The van der Waals surface area contributed by atoms with Gasteiger partial charge in [0, 0.05) is 26.2 Å². The number of anilines is 1. The monoisotopic (exact) mass is 335 g/mol. The van der Waals surface area contributed by atoms with E-state index in [0.29, 0.717) is 6.54 Å². The summed E-state index contributed by atoms with van der Waals surface area (Å²) >= 11 is 1.51. The Kier molecular flexibility index (Phi) is 5.20. The molecule has 0 aromatic carbocycles. The lowest BCUT2D eigenvalue weighted by Gasteiger charge is -2.37. The van der Waals surface area contributed by atoms with Crippen LogP contribution in [0.2, 0.25) is 0 Å². The van der Waals surface area contributed by atoms with Crippen LogP contribution in [0.15, 0.2) is 17.5 Å². The van der Waals surface area contributed by atoms with Gasteiger partial charge >= 0.3 is 6.03 Å². The molecule has 2 fully saturated rings. The zero-order chi connectivity index (χ0) is 16.2. The number of piperidine rings is 2. The standard InChI is InChI=1S/C17H25N3O2S/c1-13-6-9-19(10-7-13)16(21)14-4-2-8-20(12-14)17(22)18-15-5-3-11-23-15/h3,5,11,13-14H,2,4,6-10,12H2,1H3,(H,18,22). The SMILES string of the molecule is CC1CCN(C(=O)C2CCCN(C(=O)Nc3cccs3)C2)CC1. The van der Waals surface area contributed by atoms with Crippen LogP contribution in [-0.2, 0) is 4.79 Å². The average Bonchev–Trinajstić information content (AvgIpc) is 3.08. The summed E-state index contributed by atoms with van der Waals surface area (Å²) in [7, 11) is 0. The molecule has 0 aliphatic carbocycles. The number of thiophene rings is 1. The van der Waals surface area contributed by atoms with Crippen LogP contribution in [0.4, 0.5) is 9.80 Å². The van der Waals surface area contributed by atoms with Gasteiger partial charge in [0.25, 0.3) is 0 Å². The van der Waals surface area contributed by atoms with Crippen molar-refractivity contribution < 1.29 is 9.59 Å². The van der Waals surface area contributed by atoms with Gasteiger partial charge in [-0.25, -0.2) is 4.79 Å². The lowest BCUT2D eigenvalue weighted by Crippen LogP contribution is -2.49. The van der Waals surface area contributed by atoms with Crippen molar-refractivity contribution in [2.45, 2.75) is 32.6 Å². The average molecular weight is 335 g/mol. The highest BCUT2D eigenvalue weighted by Crippen LogP contribution is 2.24. The molecule has 0 spiro atoms. The van der Waals surface area contributed by atoms with Crippen LogP contribution >= 0.6 is 11.3 Å². The first kappa shape index (κ1) is 16.3. The van der Waals surface area contributed by atoms with Gasteiger partial charge in [-0.05, 0) is 49.1 Å². The van der Waals surface area contributed by atoms with Crippen molar-refractivity contribution in [2.24, 2.45) is 11.8 Å². The molecule has 1 atom stereocenters. The van der Waals surface area contributed by atoms with Crippen LogP contribution in [0.5, 0.6) is 0 Å². The second-order valence-corrected chi connectivity index (χ2v) is 7.65. The van der Waals surface area contributed by atoms with Gasteiger partial charge in [0.1, 0.15) is 0 Å². The van der Waals surface area contributed by atoms with Crippen LogP contribution in [-0.4, -0.2) is 47.9 Å². The Morgan fingerprint density at radius 2 is 1.96 bits per heavy atom. The highest BCUT2D eigenvalue weighted by atomic mass is 32.1. The van der Waals surface area contributed by atoms with E-state index in [4.69, 9.17) is 0 Å². The number of hydrogen-bond donors (Lipinski definition) is 1. The molecule has 23 heavy (non-hydrogen) atoms. The summed E-state index contributed by atoms with van der Waals surface area (Å²) in [6.07, 6.45) is 3.99. The van der Waals surface area contributed by atoms with E-state index in [1.807, 2.05) is 22.4 Å². The van der Waals surface area contributed by atoms with Gasteiger partial charge in [0.2, 0.25) is 5.91 Å². The van der Waals surface area contributed by atoms with E-state index in [0.717, 1.165) is 56.2 Å². The molecule has 6 heteroatoms. The molecule has 2 aliphatic rings. The number of rotatable bonds is 2. The van der Waals surface area contributed by atoms with E-state index < -0.39 is 0 Å². The maximum atomic E-state index is 12.7. The molecule has 1 N–H and O–H groups in total. The maximum Gasteiger partial charge on any atom is 0.322 e. The molecule has 3 heterocycles. The molecular formula is C17H25N3O2S. The summed E-state index contributed by atoms with van der Waals surface area (Å²) in [5.41, 5.74) is 0. The Morgan fingerprint density at radius 3 is 2.65 bits per heavy atom. The number of carbonyl (C=O) groups is 2. The zero-order valence-corrected chi connectivity index (χ0v) is 14.5. The largest absolute Gasteiger partial charge is 0.342 e.